The summed E-state index contributed by atoms with van der Waals surface area (Å²) in [5.74, 6) is -1.09. The van der Waals surface area contributed by atoms with Crippen molar-refractivity contribution in [2.45, 2.75) is 6.92 Å². The molecule has 0 saturated carbocycles. The summed E-state index contributed by atoms with van der Waals surface area (Å²) in [4.78, 5) is 28.2. The maximum absolute atomic E-state index is 12.3. The van der Waals surface area contributed by atoms with Crippen LogP contribution in [0.1, 0.15) is 5.56 Å². The lowest BCUT2D eigenvalue weighted by Gasteiger charge is -2.35. The number of rotatable bonds is 2. The van der Waals surface area contributed by atoms with E-state index in [0.717, 1.165) is 11.3 Å². The Morgan fingerprint density at radius 2 is 1.68 bits per heavy atom. The maximum Gasteiger partial charge on any atom is 0.313 e. The predicted molar refractivity (Wildman–Crippen MR) is 100 cm³/mol. The van der Waals surface area contributed by atoms with Crippen molar-refractivity contribution in [3.8, 4) is 0 Å². The third-order valence-electron chi connectivity index (χ3n) is 4.24. The Balaban J connectivity index is 1.55. The van der Waals surface area contributed by atoms with Crippen molar-refractivity contribution in [2.75, 3.05) is 36.4 Å². The Bertz CT molecular complexity index is 768. The van der Waals surface area contributed by atoms with Crippen LogP contribution in [0.25, 0.3) is 0 Å². The summed E-state index contributed by atoms with van der Waals surface area (Å²) in [6.07, 6.45) is 0. The van der Waals surface area contributed by atoms with Crippen LogP contribution in [0.5, 0.6) is 0 Å². The number of hydrogen-bond acceptors (Lipinski definition) is 3. The molecule has 1 N–H and O–H groups in total. The summed E-state index contributed by atoms with van der Waals surface area (Å²) in [5.41, 5.74) is 2.76. The van der Waals surface area contributed by atoms with Crippen LogP contribution in [0.15, 0.2) is 48.5 Å². The summed E-state index contributed by atoms with van der Waals surface area (Å²) < 4.78 is 0. The quantitative estimate of drug-likeness (QED) is 0.841. The van der Waals surface area contributed by atoms with Crippen molar-refractivity contribution < 1.29 is 9.59 Å². The minimum Gasteiger partial charge on any atom is -0.368 e. The topological polar surface area (TPSA) is 52.7 Å². The first-order valence-corrected chi connectivity index (χ1v) is 8.58. The zero-order valence-electron chi connectivity index (χ0n) is 14.0. The average Bonchev–Trinajstić information content (AvgIpc) is 2.63. The molecule has 2 aromatic carbocycles. The van der Waals surface area contributed by atoms with E-state index in [1.807, 2.05) is 43.3 Å². The lowest BCUT2D eigenvalue weighted by molar-refractivity contribution is -0.143. The fourth-order valence-electron chi connectivity index (χ4n) is 2.81. The number of carbonyl (C=O) groups excluding carboxylic acids is 2. The first-order chi connectivity index (χ1) is 12.0. The van der Waals surface area contributed by atoms with Crippen molar-refractivity contribution >= 4 is 34.8 Å². The lowest BCUT2D eigenvalue weighted by Crippen LogP contribution is -2.51. The third-order valence-corrected chi connectivity index (χ3v) is 4.48. The fraction of sp³-hybridized carbons (Fsp3) is 0.263. The van der Waals surface area contributed by atoms with E-state index in [4.69, 9.17) is 11.6 Å². The number of nitrogens with zero attached hydrogens (tertiary/aromatic N) is 2. The standard InChI is InChI=1S/C19H20ClN3O2/c1-14-5-7-16(8-6-14)21-18(24)19(25)23-11-9-22(10-12-23)17-4-2-3-15(20)13-17/h2-8,13H,9-12H2,1H3,(H,21,24). The largest absolute Gasteiger partial charge is 0.368 e. The van der Waals surface area contributed by atoms with Crippen molar-refractivity contribution in [3.05, 3.63) is 59.1 Å². The van der Waals surface area contributed by atoms with Gasteiger partial charge in [0.2, 0.25) is 0 Å². The van der Waals surface area contributed by atoms with E-state index in [9.17, 15) is 9.59 Å². The molecule has 2 amide bonds. The van der Waals surface area contributed by atoms with Gasteiger partial charge in [-0.1, -0.05) is 35.4 Å². The third kappa shape index (κ3) is 4.31. The number of piperazine rings is 1. The molecule has 0 aliphatic carbocycles. The highest BCUT2D eigenvalue weighted by Crippen LogP contribution is 2.21. The summed E-state index contributed by atoms with van der Waals surface area (Å²) in [6.45, 7) is 4.32. The van der Waals surface area contributed by atoms with Gasteiger partial charge in [0.05, 0.1) is 0 Å². The second kappa shape index (κ2) is 7.57. The SMILES string of the molecule is Cc1ccc(NC(=O)C(=O)N2CCN(c3cccc(Cl)c3)CC2)cc1. The first kappa shape index (κ1) is 17.3. The van der Waals surface area contributed by atoms with Crippen LogP contribution < -0.4 is 10.2 Å². The summed E-state index contributed by atoms with van der Waals surface area (Å²) in [7, 11) is 0. The van der Waals surface area contributed by atoms with Crippen LogP contribution in [0.3, 0.4) is 0 Å². The number of hydrogen-bond donors (Lipinski definition) is 1. The van der Waals surface area contributed by atoms with Gasteiger partial charge in [-0.3, -0.25) is 9.59 Å². The van der Waals surface area contributed by atoms with Crippen LogP contribution in [-0.2, 0) is 9.59 Å². The van der Waals surface area contributed by atoms with Crippen LogP contribution in [0, 0.1) is 6.92 Å². The van der Waals surface area contributed by atoms with Gasteiger partial charge in [-0.25, -0.2) is 0 Å². The molecule has 1 saturated heterocycles. The van der Waals surface area contributed by atoms with Crippen molar-refractivity contribution in [3.63, 3.8) is 0 Å². The molecule has 0 spiro atoms. The lowest BCUT2D eigenvalue weighted by atomic mass is 10.2. The van der Waals surface area contributed by atoms with E-state index >= 15 is 0 Å². The molecule has 0 unspecified atom stereocenters. The van der Waals surface area contributed by atoms with E-state index in [2.05, 4.69) is 10.2 Å². The molecule has 0 radical (unpaired) electrons. The molecule has 1 aliphatic heterocycles. The fourth-order valence-corrected chi connectivity index (χ4v) is 2.99. The highest BCUT2D eigenvalue weighted by molar-refractivity contribution is 6.39. The Morgan fingerprint density at radius 1 is 1.00 bits per heavy atom. The molecule has 1 aliphatic rings. The molecule has 25 heavy (non-hydrogen) atoms. The molecular formula is C19H20ClN3O2. The molecule has 0 aromatic heterocycles. The molecule has 130 valence electrons. The van der Waals surface area contributed by atoms with Crippen LogP contribution >= 0.6 is 11.6 Å². The van der Waals surface area contributed by atoms with Gasteiger partial charge in [0.25, 0.3) is 0 Å². The maximum atomic E-state index is 12.3. The van der Waals surface area contributed by atoms with Gasteiger partial charge in [0.1, 0.15) is 0 Å². The highest BCUT2D eigenvalue weighted by Gasteiger charge is 2.26. The van der Waals surface area contributed by atoms with Crippen molar-refractivity contribution in [2.24, 2.45) is 0 Å². The van der Waals surface area contributed by atoms with Gasteiger partial charge in [0.15, 0.2) is 0 Å². The first-order valence-electron chi connectivity index (χ1n) is 8.20. The number of halogens is 1. The average molecular weight is 358 g/mol. The number of anilines is 2. The smallest absolute Gasteiger partial charge is 0.313 e. The predicted octanol–water partition coefficient (Wildman–Crippen LogP) is 2.94. The summed E-state index contributed by atoms with van der Waals surface area (Å²) >= 11 is 6.03. The zero-order valence-corrected chi connectivity index (χ0v) is 14.8. The highest BCUT2D eigenvalue weighted by atomic mass is 35.5. The molecule has 0 bridgehead atoms. The number of carbonyl (C=O) groups is 2. The molecule has 1 fully saturated rings. The second-order valence-corrected chi connectivity index (χ2v) is 6.52. The van der Waals surface area contributed by atoms with E-state index in [-0.39, 0.29) is 0 Å². The van der Waals surface area contributed by atoms with Crippen molar-refractivity contribution in [1.29, 1.82) is 0 Å². The van der Waals surface area contributed by atoms with Gasteiger partial charge in [-0.15, -0.1) is 0 Å². The van der Waals surface area contributed by atoms with Gasteiger partial charge in [-0.2, -0.15) is 0 Å². The monoisotopic (exact) mass is 357 g/mol. The van der Waals surface area contributed by atoms with Crippen LogP contribution in [0.2, 0.25) is 5.02 Å². The molecule has 1 heterocycles. The van der Waals surface area contributed by atoms with Crippen molar-refractivity contribution in [1.82, 2.24) is 4.90 Å². The van der Waals surface area contributed by atoms with E-state index in [0.29, 0.717) is 36.9 Å². The molecule has 6 heteroatoms. The van der Waals surface area contributed by atoms with Crippen LogP contribution in [0.4, 0.5) is 11.4 Å². The molecule has 5 nitrogen and oxygen atoms in total. The Kier molecular flexibility index (Phi) is 5.24. The van der Waals surface area contributed by atoms with E-state index < -0.39 is 11.8 Å². The molecular weight excluding hydrogens is 338 g/mol. The zero-order chi connectivity index (χ0) is 17.8. The van der Waals surface area contributed by atoms with E-state index in [1.54, 1.807) is 17.0 Å². The van der Waals surface area contributed by atoms with Crippen LogP contribution in [-0.4, -0.2) is 42.9 Å². The summed E-state index contributed by atoms with van der Waals surface area (Å²) in [6, 6.07) is 15.0. The van der Waals surface area contributed by atoms with Gasteiger partial charge < -0.3 is 15.1 Å². The molecule has 3 rings (SSSR count). The Hall–Kier alpha value is -2.53. The number of benzene rings is 2. The Labute approximate surface area is 152 Å². The second-order valence-electron chi connectivity index (χ2n) is 6.08. The number of aryl methyl sites for hydroxylation is 1. The Morgan fingerprint density at radius 3 is 2.32 bits per heavy atom. The summed E-state index contributed by atoms with van der Waals surface area (Å²) in [5, 5.41) is 3.34. The minimum absolute atomic E-state index is 0.494. The number of nitrogens with one attached hydrogen (secondary N) is 1. The van der Waals surface area contributed by atoms with Gasteiger partial charge >= 0.3 is 11.8 Å². The molecule has 0 atom stereocenters. The van der Waals surface area contributed by atoms with Gasteiger partial charge in [-0.05, 0) is 37.3 Å². The normalized spacial score (nSPS) is 14.3. The van der Waals surface area contributed by atoms with Gasteiger partial charge in [0, 0.05) is 42.6 Å². The number of amides is 2. The molecule has 2 aromatic rings. The minimum atomic E-state index is -0.597. The van der Waals surface area contributed by atoms with E-state index in [1.165, 1.54) is 0 Å².